The minimum Gasteiger partial charge on any atom is -0.482 e. The van der Waals surface area contributed by atoms with Gasteiger partial charge in [0, 0.05) is 24.2 Å². The van der Waals surface area contributed by atoms with Crippen LogP contribution in [0.25, 0.3) is 0 Å². The molecule has 0 unspecified atom stereocenters. The molecule has 10 heteroatoms. The molecule has 0 bridgehead atoms. The number of rotatable bonds is 6. The molecule has 1 amide bonds. The molecule has 2 aromatic rings. The van der Waals surface area contributed by atoms with E-state index in [1.165, 1.54) is 28.6 Å². The third kappa shape index (κ3) is 5.80. The molecule has 1 N–H and O–H groups in total. The number of amides is 1. The lowest BCUT2D eigenvalue weighted by Crippen LogP contribution is -2.32. The van der Waals surface area contributed by atoms with Crippen molar-refractivity contribution < 1.29 is 17.9 Å². The third-order valence-corrected chi connectivity index (χ3v) is 7.44. The third-order valence-electron chi connectivity index (χ3n) is 4.67. The lowest BCUT2D eigenvalue weighted by atomic mass is 10.2. The second-order valence-corrected chi connectivity index (χ2v) is 10.1. The molecule has 6 nitrogen and oxygen atoms in total. The molecule has 1 aliphatic heterocycles. The van der Waals surface area contributed by atoms with Crippen LogP contribution in [-0.2, 0) is 14.8 Å². The van der Waals surface area contributed by atoms with Crippen LogP contribution in [0.1, 0.15) is 25.7 Å². The van der Waals surface area contributed by atoms with E-state index in [9.17, 15) is 13.2 Å². The van der Waals surface area contributed by atoms with Gasteiger partial charge in [-0.1, -0.05) is 47.6 Å². The molecule has 2 aromatic carbocycles. The van der Waals surface area contributed by atoms with E-state index in [0.717, 1.165) is 25.7 Å². The number of benzene rings is 2. The van der Waals surface area contributed by atoms with Crippen molar-refractivity contribution in [1.29, 1.82) is 0 Å². The zero-order chi connectivity index (χ0) is 21.7. The van der Waals surface area contributed by atoms with Crippen molar-refractivity contribution in [2.24, 2.45) is 0 Å². The van der Waals surface area contributed by atoms with Crippen LogP contribution in [-0.4, -0.2) is 38.3 Å². The highest BCUT2D eigenvalue weighted by atomic mass is 35.5. The summed E-state index contributed by atoms with van der Waals surface area (Å²) in [5.74, 6) is -0.250. The van der Waals surface area contributed by atoms with E-state index >= 15 is 0 Å². The normalized spacial score (nSPS) is 15.4. The molecule has 3 rings (SSSR count). The van der Waals surface area contributed by atoms with Gasteiger partial charge in [-0.2, -0.15) is 4.31 Å². The number of sulfonamides is 1. The molecule has 30 heavy (non-hydrogen) atoms. The molecule has 162 valence electrons. The average molecular weight is 492 g/mol. The van der Waals surface area contributed by atoms with E-state index in [0.29, 0.717) is 23.1 Å². The Kier molecular flexibility index (Phi) is 7.87. The van der Waals surface area contributed by atoms with Crippen LogP contribution in [0.5, 0.6) is 5.75 Å². The fraction of sp³-hybridized carbons (Fsp3) is 0.350. The number of hydrogen-bond donors (Lipinski definition) is 1. The average Bonchev–Trinajstić information content (AvgIpc) is 3.00. The second-order valence-electron chi connectivity index (χ2n) is 6.87. The van der Waals surface area contributed by atoms with Gasteiger partial charge in [0.15, 0.2) is 6.61 Å². The summed E-state index contributed by atoms with van der Waals surface area (Å²) < 4.78 is 32.9. The molecule has 1 aliphatic rings. The van der Waals surface area contributed by atoms with Gasteiger partial charge in [0.05, 0.1) is 20.6 Å². The van der Waals surface area contributed by atoms with Crippen molar-refractivity contribution in [2.75, 3.05) is 25.0 Å². The van der Waals surface area contributed by atoms with Gasteiger partial charge < -0.3 is 10.1 Å². The Labute approximate surface area is 191 Å². The maximum atomic E-state index is 13.0. The van der Waals surface area contributed by atoms with Crippen LogP contribution >= 0.6 is 34.8 Å². The highest BCUT2D eigenvalue weighted by Gasteiger charge is 2.26. The maximum Gasteiger partial charge on any atom is 0.262 e. The minimum atomic E-state index is -3.67. The molecule has 0 atom stereocenters. The fourth-order valence-corrected chi connectivity index (χ4v) is 5.15. The largest absolute Gasteiger partial charge is 0.482 e. The molecule has 0 spiro atoms. The summed E-state index contributed by atoms with van der Waals surface area (Å²) in [6.45, 7) is 0.626. The van der Waals surface area contributed by atoms with Crippen LogP contribution in [0.15, 0.2) is 41.3 Å². The van der Waals surface area contributed by atoms with E-state index in [1.807, 2.05) is 0 Å². The summed E-state index contributed by atoms with van der Waals surface area (Å²) in [7, 11) is -3.67. The number of anilines is 1. The van der Waals surface area contributed by atoms with Crippen LogP contribution in [0.3, 0.4) is 0 Å². The van der Waals surface area contributed by atoms with Crippen molar-refractivity contribution in [1.82, 2.24) is 4.31 Å². The first-order valence-corrected chi connectivity index (χ1v) is 12.0. The molecular formula is C20H21Cl3N2O4S. The monoisotopic (exact) mass is 490 g/mol. The van der Waals surface area contributed by atoms with Gasteiger partial charge in [-0.3, -0.25) is 4.79 Å². The molecule has 1 fully saturated rings. The first-order valence-electron chi connectivity index (χ1n) is 9.45. The Morgan fingerprint density at radius 2 is 1.63 bits per heavy atom. The number of hydrogen-bond acceptors (Lipinski definition) is 4. The standard InChI is InChI=1S/C20H21Cl3N2O4S/c21-14-5-7-17(23)19(11-14)29-13-20(26)24-18-12-15(6-8-16(18)22)30(27,28)25-9-3-1-2-4-10-25/h5-8,11-12H,1-4,9-10,13H2,(H,24,26). The number of halogens is 3. The zero-order valence-electron chi connectivity index (χ0n) is 16.0. The van der Waals surface area contributed by atoms with E-state index in [4.69, 9.17) is 39.5 Å². The summed E-state index contributed by atoms with van der Waals surface area (Å²) in [6.07, 6.45) is 3.70. The summed E-state index contributed by atoms with van der Waals surface area (Å²) >= 11 is 18.1. The van der Waals surface area contributed by atoms with E-state index in [1.54, 1.807) is 12.1 Å². The smallest absolute Gasteiger partial charge is 0.262 e. The highest BCUT2D eigenvalue weighted by molar-refractivity contribution is 7.89. The fourth-order valence-electron chi connectivity index (χ4n) is 3.11. The molecule has 0 radical (unpaired) electrons. The Morgan fingerprint density at radius 3 is 2.33 bits per heavy atom. The Bertz CT molecular complexity index is 1020. The van der Waals surface area contributed by atoms with Crippen LogP contribution in [0.2, 0.25) is 15.1 Å². The lowest BCUT2D eigenvalue weighted by Gasteiger charge is -2.20. The zero-order valence-corrected chi connectivity index (χ0v) is 19.1. The van der Waals surface area contributed by atoms with Crippen molar-refractivity contribution in [3.8, 4) is 5.75 Å². The number of nitrogens with one attached hydrogen (secondary N) is 1. The number of carbonyl (C=O) groups is 1. The number of ether oxygens (including phenoxy) is 1. The Hall–Kier alpha value is -1.51. The maximum absolute atomic E-state index is 13.0. The first-order chi connectivity index (χ1) is 14.3. The van der Waals surface area contributed by atoms with Gasteiger partial charge in [0.1, 0.15) is 5.75 Å². The van der Waals surface area contributed by atoms with Crippen LogP contribution < -0.4 is 10.1 Å². The highest BCUT2D eigenvalue weighted by Crippen LogP contribution is 2.29. The SMILES string of the molecule is O=C(COc1cc(Cl)ccc1Cl)Nc1cc(S(=O)(=O)N2CCCCCC2)ccc1Cl. The van der Waals surface area contributed by atoms with E-state index < -0.39 is 15.9 Å². The van der Waals surface area contributed by atoms with Crippen molar-refractivity contribution in [3.63, 3.8) is 0 Å². The summed E-state index contributed by atoms with van der Waals surface area (Å²) in [6, 6.07) is 8.93. The van der Waals surface area contributed by atoms with Gasteiger partial charge in [-0.25, -0.2) is 8.42 Å². The summed E-state index contributed by atoms with van der Waals surface area (Å²) in [5.41, 5.74) is 0.193. The first kappa shape index (κ1) is 23.2. The van der Waals surface area contributed by atoms with Gasteiger partial charge in [0.2, 0.25) is 10.0 Å². The van der Waals surface area contributed by atoms with E-state index in [-0.39, 0.29) is 28.0 Å². The molecule has 0 aromatic heterocycles. The Morgan fingerprint density at radius 1 is 0.967 bits per heavy atom. The van der Waals surface area contributed by atoms with Crippen molar-refractivity contribution in [3.05, 3.63) is 51.5 Å². The second kappa shape index (κ2) is 10.2. The summed E-state index contributed by atoms with van der Waals surface area (Å²) in [4.78, 5) is 12.4. The predicted molar refractivity (Wildman–Crippen MR) is 119 cm³/mol. The molecule has 1 saturated heterocycles. The lowest BCUT2D eigenvalue weighted by molar-refractivity contribution is -0.118. The Balaban J connectivity index is 1.71. The molecule has 0 aliphatic carbocycles. The van der Waals surface area contributed by atoms with Crippen molar-refractivity contribution in [2.45, 2.75) is 30.6 Å². The van der Waals surface area contributed by atoms with Gasteiger partial charge in [-0.15, -0.1) is 0 Å². The van der Waals surface area contributed by atoms with Gasteiger partial charge in [0.25, 0.3) is 5.91 Å². The summed E-state index contributed by atoms with van der Waals surface area (Å²) in [5, 5.41) is 3.54. The van der Waals surface area contributed by atoms with E-state index in [2.05, 4.69) is 5.32 Å². The number of nitrogens with zero attached hydrogens (tertiary/aromatic N) is 1. The topological polar surface area (TPSA) is 75.7 Å². The van der Waals surface area contributed by atoms with Crippen LogP contribution in [0.4, 0.5) is 5.69 Å². The van der Waals surface area contributed by atoms with Crippen LogP contribution in [0, 0.1) is 0 Å². The van der Waals surface area contributed by atoms with Gasteiger partial charge in [-0.05, 0) is 43.2 Å². The minimum absolute atomic E-state index is 0.0860. The number of carbonyl (C=O) groups excluding carboxylic acids is 1. The van der Waals surface area contributed by atoms with Crippen molar-refractivity contribution >= 4 is 56.4 Å². The molecular weight excluding hydrogens is 471 g/mol. The van der Waals surface area contributed by atoms with Gasteiger partial charge >= 0.3 is 0 Å². The molecule has 1 heterocycles. The quantitative estimate of drug-likeness (QED) is 0.600. The molecule has 0 saturated carbocycles. The predicted octanol–water partition coefficient (Wildman–Crippen LogP) is 5.23.